The SMILES string of the molecule is CCn1nc(C(=O)NNC(=O)CSc2ccc(C)cc2)c2ccccc2c1=O. The van der Waals surface area contributed by atoms with Crippen molar-refractivity contribution in [2.45, 2.75) is 25.3 Å². The molecule has 3 rings (SSSR count). The van der Waals surface area contributed by atoms with Crippen molar-refractivity contribution < 1.29 is 9.59 Å². The lowest BCUT2D eigenvalue weighted by molar-refractivity contribution is -0.119. The largest absolute Gasteiger partial charge is 0.290 e. The molecule has 0 unspecified atom stereocenters. The van der Waals surface area contributed by atoms with E-state index in [2.05, 4.69) is 16.0 Å². The van der Waals surface area contributed by atoms with Gasteiger partial charge in [-0.2, -0.15) is 5.10 Å². The van der Waals surface area contributed by atoms with Gasteiger partial charge in [0.1, 0.15) is 0 Å². The maximum absolute atomic E-state index is 12.5. The number of hydrogen-bond acceptors (Lipinski definition) is 5. The van der Waals surface area contributed by atoms with Crippen LogP contribution in [-0.4, -0.2) is 27.3 Å². The minimum Gasteiger partial charge on any atom is -0.272 e. The summed E-state index contributed by atoms with van der Waals surface area (Å²) in [6.07, 6.45) is 0. The molecule has 7 nitrogen and oxygen atoms in total. The predicted molar refractivity (Wildman–Crippen MR) is 109 cm³/mol. The Bertz CT molecular complexity index is 1080. The van der Waals surface area contributed by atoms with Crippen molar-refractivity contribution in [3.05, 3.63) is 70.1 Å². The van der Waals surface area contributed by atoms with Crippen LogP contribution in [0.3, 0.4) is 0 Å². The van der Waals surface area contributed by atoms with E-state index >= 15 is 0 Å². The minimum absolute atomic E-state index is 0.0866. The second-order valence-corrected chi connectivity index (χ2v) is 7.17. The zero-order chi connectivity index (χ0) is 20.1. The number of carbonyl (C=O) groups is 2. The van der Waals surface area contributed by atoms with Crippen LogP contribution < -0.4 is 16.4 Å². The van der Waals surface area contributed by atoms with E-state index in [0.29, 0.717) is 17.3 Å². The number of fused-ring (bicyclic) bond motifs is 1. The molecule has 0 aliphatic rings. The summed E-state index contributed by atoms with van der Waals surface area (Å²) in [5.41, 5.74) is 5.75. The second kappa shape index (κ2) is 8.71. The zero-order valence-corrected chi connectivity index (χ0v) is 16.4. The molecule has 0 atom stereocenters. The summed E-state index contributed by atoms with van der Waals surface area (Å²) in [6, 6.07) is 14.6. The van der Waals surface area contributed by atoms with Gasteiger partial charge in [0.05, 0.1) is 11.1 Å². The van der Waals surface area contributed by atoms with Gasteiger partial charge in [-0.3, -0.25) is 25.2 Å². The third-order valence-corrected chi connectivity index (χ3v) is 5.10. The molecule has 0 saturated carbocycles. The number of benzene rings is 2. The Kier molecular flexibility index (Phi) is 6.10. The van der Waals surface area contributed by atoms with Crippen molar-refractivity contribution in [3.63, 3.8) is 0 Å². The van der Waals surface area contributed by atoms with Gasteiger partial charge < -0.3 is 0 Å². The molecule has 0 aliphatic carbocycles. The van der Waals surface area contributed by atoms with Gasteiger partial charge in [0.15, 0.2) is 5.69 Å². The van der Waals surface area contributed by atoms with Gasteiger partial charge in [-0.1, -0.05) is 35.9 Å². The van der Waals surface area contributed by atoms with Crippen LogP contribution in [0.2, 0.25) is 0 Å². The number of amides is 2. The number of hydrazine groups is 1. The van der Waals surface area contributed by atoms with E-state index in [1.54, 1.807) is 31.2 Å². The number of aromatic nitrogens is 2. The third kappa shape index (κ3) is 4.40. The van der Waals surface area contributed by atoms with Crippen LogP contribution >= 0.6 is 11.8 Å². The van der Waals surface area contributed by atoms with Crippen LogP contribution in [0.15, 0.2) is 58.2 Å². The van der Waals surface area contributed by atoms with Crippen LogP contribution in [0.25, 0.3) is 10.8 Å². The van der Waals surface area contributed by atoms with Crippen LogP contribution in [0, 0.1) is 6.92 Å². The summed E-state index contributed by atoms with van der Waals surface area (Å²) in [7, 11) is 0. The van der Waals surface area contributed by atoms with Gasteiger partial charge in [-0.05, 0) is 32.0 Å². The van der Waals surface area contributed by atoms with Crippen molar-refractivity contribution in [2.75, 3.05) is 5.75 Å². The number of carbonyl (C=O) groups excluding carboxylic acids is 2. The Morgan fingerprint density at radius 1 is 1.04 bits per heavy atom. The second-order valence-electron chi connectivity index (χ2n) is 6.12. The zero-order valence-electron chi connectivity index (χ0n) is 15.6. The fraction of sp³-hybridized carbons (Fsp3) is 0.200. The molecule has 0 fully saturated rings. The highest BCUT2D eigenvalue weighted by Crippen LogP contribution is 2.17. The normalized spacial score (nSPS) is 10.6. The third-order valence-electron chi connectivity index (χ3n) is 4.09. The molecular weight excluding hydrogens is 376 g/mol. The van der Waals surface area contributed by atoms with E-state index in [0.717, 1.165) is 10.5 Å². The Morgan fingerprint density at radius 3 is 2.39 bits per heavy atom. The number of aryl methyl sites for hydroxylation is 2. The standard InChI is InChI=1S/C20H20N4O3S/c1-3-24-20(27)16-7-5-4-6-15(16)18(23-24)19(26)22-21-17(25)12-28-14-10-8-13(2)9-11-14/h4-11H,3,12H2,1-2H3,(H,21,25)(H,22,26). The summed E-state index contributed by atoms with van der Waals surface area (Å²) in [5.74, 6) is -0.759. The lowest BCUT2D eigenvalue weighted by Crippen LogP contribution is -2.43. The average molecular weight is 396 g/mol. The highest BCUT2D eigenvalue weighted by molar-refractivity contribution is 8.00. The molecule has 144 valence electrons. The molecule has 1 aromatic heterocycles. The summed E-state index contributed by atoms with van der Waals surface area (Å²) in [5, 5.41) is 4.98. The molecule has 0 spiro atoms. The number of rotatable bonds is 5. The van der Waals surface area contributed by atoms with Crippen LogP contribution in [0.1, 0.15) is 23.0 Å². The van der Waals surface area contributed by atoms with Gasteiger partial charge in [-0.15, -0.1) is 11.8 Å². The van der Waals surface area contributed by atoms with Crippen molar-refractivity contribution >= 4 is 34.3 Å². The molecule has 1 heterocycles. The summed E-state index contributed by atoms with van der Waals surface area (Å²) >= 11 is 1.37. The van der Waals surface area contributed by atoms with E-state index in [1.807, 2.05) is 31.2 Å². The first kappa shape index (κ1) is 19.6. The van der Waals surface area contributed by atoms with E-state index in [4.69, 9.17) is 0 Å². The monoisotopic (exact) mass is 396 g/mol. The molecule has 3 aromatic rings. The minimum atomic E-state index is -0.577. The number of hydrogen-bond donors (Lipinski definition) is 2. The number of nitrogens with zero attached hydrogens (tertiary/aromatic N) is 2. The molecule has 28 heavy (non-hydrogen) atoms. The van der Waals surface area contributed by atoms with Gasteiger partial charge in [0, 0.05) is 16.8 Å². The molecule has 2 N–H and O–H groups in total. The highest BCUT2D eigenvalue weighted by Gasteiger charge is 2.16. The molecular formula is C20H20N4O3S. The molecule has 0 saturated heterocycles. The molecule has 0 aliphatic heterocycles. The van der Waals surface area contributed by atoms with E-state index in [9.17, 15) is 14.4 Å². The fourth-order valence-corrected chi connectivity index (χ4v) is 3.32. The summed E-state index contributed by atoms with van der Waals surface area (Å²) in [6.45, 7) is 4.11. The number of thioether (sulfide) groups is 1. The summed E-state index contributed by atoms with van der Waals surface area (Å²) in [4.78, 5) is 37.9. The average Bonchev–Trinajstić information content (AvgIpc) is 2.72. The Morgan fingerprint density at radius 2 is 1.71 bits per heavy atom. The molecule has 2 aromatic carbocycles. The quantitative estimate of drug-likeness (QED) is 0.510. The topological polar surface area (TPSA) is 93.1 Å². The first-order valence-electron chi connectivity index (χ1n) is 8.78. The lowest BCUT2D eigenvalue weighted by atomic mass is 10.1. The predicted octanol–water partition coefficient (Wildman–Crippen LogP) is 2.28. The molecule has 0 radical (unpaired) electrons. The van der Waals surface area contributed by atoms with Gasteiger partial charge in [0.2, 0.25) is 5.91 Å². The first-order chi connectivity index (χ1) is 13.5. The molecule has 0 bridgehead atoms. The maximum atomic E-state index is 12.5. The Labute approximate surface area is 166 Å². The summed E-state index contributed by atoms with van der Waals surface area (Å²) < 4.78 is 1.23. The number of nitrogens with one attached hydrogen (secondary N) is 2. The van der Waals surface area contributed by atoms with Crippen LogP contribution in [-0.2, 0) is 11.3 Å². The van der Waals surface area contributed by atoms with Crippen LogP contribution in [0.5, 0.6) is 0 Å². The Hall–Kier alpha value is -3.13. The van der Waals surface area contributed by atoms with Gasteiger partial charge >= 0.3 is 0 Å². The van der Waals surface area contributed by atoms with Crippen LogP contribution in [0.4, 0.5) is 0 Å². The Balaban J connectivity index is 1.68. The van der Waals surface area contributed by atoms with Crippen molar-refractivity contribution in [2.24, 2.45) is 0 Å². The molecule has 8 heteroatoms. The van der Waals surface area contributed by atoms with E-state index in [-0.39, 0.29) is 22.9 Å². The highest BCUT2D eigenvalue weighted by atomic mass is 32.2. The fourth-order valence-electron chi connectivity index (χ4n) is 2.62. The van der Waals surface area contributed by atoms with E-state index in [1.165, 1.54) is 16.4 Å². The maximum Gasteiger partial charge on any atom is 0.290 e. The van der Waals surface area contributed by atoms with Crippen molar-refractivity contribution in [1.82, 2.24) is 20.6 Å². The van der Waals surface area contributed by atoms with Gasteiger partial charge in [0.25, 0.3) is 11.5 Å². The van der Waals surface area contributed by atoms with Gasteiger partial charge in [-0.25, -0.2) is 4.68 Å². The van der Waals surface area contributed by atoms with Crippen molar-refractivity contribution in [3.8, 4) is 0 Å². The molecule has 2 amide bonds. The lowest BCUT2D eigenvalue weighted by Gasteiger charge is -2.11. The van der Waals surface area contributed by atoms with E-state index < -0.39 is 5.91 Å². The smallest absolute Gasteiger partial charge is 0.272 e. The van der Waals surface area contributed by atoms with Crippen molar-refractivity contribution in [1.29, 1.82) is 0 Å². The first-order valence-corrected chi connectivity index (χ1v) is 9.76.